The van der Waals surface area contributed by atoms with Crippen LogP contribution in [0, 0.1) is 0 Å². The van der Waals surface area contributed by atoms with Crippen molar-refractivity contribution >= 4 is 12.1 Å². The normalized spacial score (nSPS) is 20.4. The second-order valence-electron chi connectivity index (χ2n) is 5.18. The lowest BCUT2D eigenvalue weighted by atomic mass is 10.1. The number of esters is 1. The van der Waals surface area contributed by atoms with Gasteiger partial charge in [-0.15, -0.1) is 0 Å². The van der Waals surface area contributed by atoms with Gasteiger partial charge in [0.15, 0.2) is 0 Å². The van der Waals surface area contributed by atoms with Crippen LogP contribution in [-0.4, -0.2) is 55.5 Å². The largest absolute Gasteiger partial charge is 0.469 e. The molecule has 0 radical (unpaired) electrons. The fourth-order valence-corrected chi connectivity index (χ4v) is 1.66. The van der Waals surface area contributed by atoms with Gasteiger partial charge in [-0.3, -0.25) is 9.69 Å². The van der Waals surface area contributed by atoms with Crippen LogP contribution in [0.3, 0.4) is 0 Å². The van der Waals surface area contributed by atoms with Crippen molar-refractivity contribution in [3.8, 4) is 0 Å². The van der Waals surface area contributed by atoms with E-state index >= 15 is 0 Å². The number of ether oxygens (including phenoxy) is 3. The first kappa shape index (κ1) is 14.8. The van der Waals surface area contributed by atoms with E-state index in [-0.39, 0.29) is 18.4 Å². The van der Waals surface area contributed by atoms with E-state index in [1.165, 1.54) is 12.0 Å². The summed E-state index contributed by atoms with van der Waals surface area (Å²) in [5, 5.41) is 0. The van der Waals surface area contributed by atoms with Gasteiger partial charge in [-0.1, -0.05) is 0 Å². The van der Waals surface area contributed by atoms with Crippen LogP contribution in [0.25, 0.3) is 0 Å². The highest BCUT2D eigenvalue weighted by Crippen LogP contribution is 2.16. The Balaban J connectivity index is 2.64. The highest BCUT2D eigenvalue weighted by atomic mass is 16.6. The molecule has 6 heteroatoms. The number of hydrogen-bond acceptors (Lipinski definition) is 5. The molecule has 0 spiro atoms. The minimum absolute atomic E-state index is 0.121. The van der Waals surface area contributed by atoms with E-state index in [0.29, 0.717) is 19.8 Å². The van der Waals surface area contributed by atoms with Gasteiger partial charge in [-0.2, -0.15) is 0 Å². The number of rotatable bonds is 2. The van der Waals surface area contributed by atoms with Crippen LogP contribution >= 0.6 is 0 Å². The fourth-order valence-electron chi connectivity index (χ4n) is 1.66. The van der Waals surface area contributed by atoms with E-state index in [0.717, 1.165) is 0 Å². The quantitative estimate of drug-likeness (QED) is 0.697. The van der Waals surface area contributed by atoms with Crippen molar-refractivity contribution in [3.05, 3.63) is 0 Å². The number of carbonyl (C=O) groups excluding carboxylic acids is 2. The molecule has 1 aliphatic rings. The SMILES string of the molecule is COC(=O)C[C@H]1COCCN1C(=O)OC(C)(C)C. The third-order valence-corrected chi connectivity index (χ3v) is 2.49. The van der Waals surface area contributed by atoms with Crippen molar-refractivity contribution in [2.75, 3.05) is 26.9 Å². The number of methoxy groups -OCH3 is 1. The van der Waals surface area contributed by atoms with E-state index in [1.807, 2.05) is 0 Å². The molecule has 0 aliphatic carbocycles. The Morgan fingerprint density at radius 1 is 1.39 bits per heavy atom. The molecule has 1 heterocycles. The summed E-state index contributed by atoms with van der Waals surface area (Å²) in [5.41, 5.74) is -0.550. The molecule has 1 fully saturated rings. The Morgan fingerprint density at radius 3 is 2.61 bits per heavy atom. The maximum atomic E-state index is 12.0. The van der Waals surface area contributed by atoms with E-state index < -0.39 is 11.7 Å². The van der Waals surface area contributed by atoms with Crippen molar-refractivity contribution in [2.45, 2.75) is 38.8 Å². The molecule has 0 bridgehead atoms. The van der Waals surface area contributed by atoms with Gasteiger partial charge in [-0.25, -0.2) is 4.79 Å². The van der Waals surface area contributed by atoms with E-state index in [9.17, 15) is 9.59 Å². The molecule has 1 aliphatic heterocycles. The Morgan fingerprint density at radius 2 is 2.06 bits per heavy atom. The number of carbonyl (C=O) groups is 2. The van der Waals surface area contributed by atoms with Gasteiger partial charge >= 0.3 is 12.1 Å². The Kier molecular flexibility index (Phi) is 4.95. The molecule has 6 nitrogen and oxygen atoms in total. The maximum absolute atomic E-state index is 12.0. The summed E-state index contributed by atoms with van der Waals surface area (Å²) in [4.78, 5) is 24.8. The highest BCUT2D eigenvalue weighted by Gasteiger charge is 2.32. The first-order chi connectivity index (χ1) is 8.33. The van der Waals surface area contributed by atoms with Crippen LogP contribution in [0.15, 0.2) is 0 Å². The lowest BCUT2D eigenvalue weighted by Gasteiger charge is -2.36. The molecule has 1 saturated heterocycles. The molecule has 0 aromatic heterocycles. The molecule has 0 unspecified atom stereocenters. The van der Waals surface area contributed by atoms with Crippen LogP contribution in [0.5, 0.6) is 0 Å². The lowest BCUT2D eigenvalue weighted by molar-refractivity contribution is -0.143. The third-order valence-electron chi connectivity index (χ3n) is 2.49. The van der Waals surface area contributed by atoms with Crippen molar-refractivity contribution in [1.29, 1.82) is 0 Å². The second-order valence-corrected chi connectivity index (χ2v) is 5.18. The summed E-state index contributed by atoms with van der Waals surface area (Å²) in [5.74, 6) is -0.362. The van der Waals surface area contributed by atoms with Crippen LogP contribution in [0.1, 0.15) is 27.2 Å². The lowest BCUT2D eigenvalue weighted by Crippen LogP contribution is -2.51. The zero-order valence-corrected chi connectivity index (χ0v) is 11.4. The number of hydrogen-bond donors (Lipinski definition) is 0. The van der Waals surface area contributed by atoms with E-state index in [1.54, 1.807) is 20.8 Å². The summed E-state index contributed by atoms with van der Waals surface area (Å²) in [7, 11) is 1.32. The Labute approximate surface area is 107 Å². The minimum Gasteiger partial charge on any atom is -0.469 e. The number of amides is 1. The van der Waals surface area contributed by atoms with Crippen LogP contribution in [0.4, 0.5) is 4.79 Å². The zero-order valence-electron chi connectivity index (χ0n) is 11.4. The smallest absolute Gasteiger partial charge is 0.410 e. The van der Waals surface area contributed by atoms with Gasteiger partial charge < -0.3 is 14.2 Å². The molecule has 1 rings (SSSR count). The molecule has 1 atom stereocenters. The number of nitrogens with zero attached hydrogens (tertiary/aromatic N) is 1. The van der Waals surface area contributed by atoms with Gasteiger partial charge in [0.05, 0.1) is 32.8 Å². The van der Waals surface area contributed by atoms with E-state index in [4.69, 9.17) is 9.47 Å². The Hall–Kier alpha value is -1.30. The zero-order chi connectivity index (χ0) is 13.8. The van der Waals surface area contributed by atoms with Crippen molar-refractivity contribution < 1.29 is 23.8 Å². The molecule has 18 heavy (non-hydrogen) atoms. The molecule has 0 N–H and O–H groups in total. The van der Waals surface area contributed by atoms with Gasteiger partial charge in [0.1, 0.15) is 5.60 Å². The van der Waals surface area contributed by atoms with Gasteiger partial charge in [0, 0.05) is 6.54 Å². The Bertz CT molecular complexity index is 310. The van der Waals surface area contributed by atoms with Crippen LogP contribution in [-0.2, 0) is 19.0 Å². The molecule has 104 valence electrons. The summed E-state index contributed by atoms with van der Waals surface area (Å²) < 4.78 is 15.2. The molecular weight excluding hydrogens is 238 g/mol. The average molecular weight is 259 g/mol. The topological polar surface area (TPSA) is 65.1 Å². The van der Waals surface area contributed by atoms with Gasteiger partial charge in [0.2, 0.25) is 0 Å². The number of morpholine rings is 1. The first-order valence-corrected chi connectivity index (χ1v) is 5.97. The van der Waals surface area contributed by atoms with E-state index in [2.05, 4.69) is 4.74 Å². The summed E-state index contributed by atoms with van der Waals surface area (Å²) in [6.45, 7) is 6.63. The predicted octanol–water partition coefficient (Wildman–Crippen LogP) is 1.19. The van der Waals surface area contributed by atoms with Crippen molar-refractivity contribution in [1.82, 2.24) is 4.90 Å². The first-order valence-electron chi connectivity index (χ1n) is 5.97. The fraction of sp³-hybridized carbons (Fsp3) is 0.833. The van der Waals surface area contributed by atoms with Gasteiger partial charge in [-0.05, 0) is 20.8 Å². The standard InChI is InChI=1S/C12H21NO5/c1-12(2,3)18-11(15)13-5-6-17-8-9(13)7-10(14)16-4/h9H,5-8H2,1-4H3/t9-/m0/s1. The molecule has 0 saturated carbocycles. The molecule has 0 aromatic rings. The van der Waals surface area contributed by atoms with Crippen molar-refractivity contribution in [2.24, 2.45) is 0 Å². The predicted molar refractivity (Wildman–Crippen MR) is 64.2 cm³/mol. The molecular formula is C12H21NO5. The molecule has 0 aromatic carbocycles. The minimum atomic E-state index is -0.550. The van der Waals surface area contributed by atoms with Crippen molar-refractivity contribution in [3.63, 3.8) is 0 Å². The monoisotopic (exact) mass is 259 g/mol. The van der Waals surface area contributed by atoms with Crippen LogP contribution in [0.2, 0.25) is 0 Å². The van der Waals surface area contributed by atoms with Gasteiger partial charge in [0.25, 0.3) is 0 Å². The summed E-state index contributed by atoms with van der Waals surface area (Å²) in [6.07, 6.45) is -0.296. The maximum Gasteiger partial charge on any atom is 0.410 e. The third kappa shape index (κ3) is 4.52. The summed E-state index contributed by atoms with van der Waals surface area (Å²) in [6, 6.07) is -0.318. The van der Waals surface area contributed by atoms with Crippen LogP contribution < -0.4 is 0 Å². The second kappa shape index (κ2) is 6.04. The highest BCUT2D eigenvalue weighted by molar-refractivity contribution is 5.73. The average Bonchev–Trinajstić information content (AvgIpc) is 2.27. The molecule has 1 amide bonds. The summed E-state index contributed by atoms with van der Waals surface area (Å²) >= 11 is 0.